The number of aromatic amines is 1. The number of rotatable bonds is 3. The summed E-state index contributed by atoms with van der Waals surface area (Å²) < 4.78 is 15.1. The third-order valence-electron chi connectivity index (χ3n) is 5.80. The van der Waals surface area contributed by atoms with Crippen LogP contribution in [0.1, 0.15) is 28.2 Å². The molecule has 6 nitrogen and oxygen atoms in total. The van der Waals surface area contributed by atoms with Crippen LogP contribution in [0.2, 0.25) is 0 Å². The number of aryl methyl sites for hydroxylation is 1. The predicted molar refractivity (Wildman–Crippen MR) is 121 cm³/mol. The maximum absolute atomic E-state index is 13.5. The molecule has 3 heterocycles. The van der Waals surface area contributed by atoms with E-state index in [0.717, 1.165) is 27.7 Å². The maximum Gasteiger partial charge on any atom is 0.278 e. The number of hydrogen-bond donors (Lipinski definition) is 1. The Labute approximate surface area is 183 Å². The van der Waals surface area contributed by atoms with E-state index in [1.165, 1.54) is 18.2 Å². The summed E-state index contributed by atoms with van der Waals surface area (Å²) in [7, 11) is 0. The van der Waals surface area contributed by atoms with E-state index in [1.54, 1.807) is 22.6 Å². The fourth-order valence-electron chi connectivity index (χ4n) is 4.14. The van der Waals surface area contributed by atoms with E-state index in [2.05, 4.69) is 10.1 Å². The van der Waals surface area contributed by atoms with E-state index in [-0.39, 0.29) is 22.8 Å². The lowest BCUT2D eigenvalue weighted by atomic mass is 9.98. The normalized spacial score (nSPS) is 13.9. The molecule has 0 aliphatic carbocycles. The van der Waals surface area contributed by atoms with Gasteiger partial charge >= 0.3 is 0 Å². The second kappa shape index (κ2) is 7.92. The molecular formula is C25H21FN4O2. The van der Waals surface area contributed by atoms with Crippen LogP contribution in [-0.4, -0.2) is 38.7 Å². The Hall–Kier alpha value is -4.00. The number of halogens is 1. The SMILES string of the molecule is Cc1cc(=O)c(C(=O)N2CC=C(c3c[nH]c4cc(F)ccc34)CC2)nn1-c1ccccc1. The Morgan fingerprint density at radius 1 is 1.12 bits per heavy atom. The lowest BCUT2D eigenvalue weighted by molar-refractivity contribution is 0.0763. The lowest BCUT2D eigenvalue weighted by Gasteiger charge is -2.26. The van der Waals surface area contributed by atoms with Gasteiger partial charge in [0.1, 0.15) is 5.82 Å². The highest BCUT2D eigenvalue weighted by Crippen LogP contribution is 2.29. The molecule has 0 fully saturated rings. The van der Waals surface area contributed by atoms with E-state index in [9.17, 15) is 14.0 Å². The Kier molecular flexibility index (Phi) is 4.93. The van der Waals surface area contributed by atoms with Crippen LogP contribution >= 0.6 is 0 Å². The van der Waals surface area contributed by atoms with Crippen LogP contribution in [-0.2, 0) is 0 Å². The molecule has 4 aromatic rings. The summed E-state index contributed by atoms with van der Waals surface area (Å²) in [6, 6.07) is 15.5. The zero-order chi connectivity index (χ0) is 22.2. The Morgan fingerprint density at radius 2 is 1.94 bits per heavy atom. The molecule has 160 valence electrons. The Bertz CT molecular complexity index is 1420. The summed E-state index contributed by atoms with van der Waals surface area (Å²) in [6.45, 7) is 2.64. The molecule has 2 aromatic heterocycles. The fraction of sp³-hybridized carbons (Fsp3) is 0.160. The van der Waals surface area contributed by atoms with Gasteiger partial charge in [0.2, 0.25) is 5.43 Å². The molecule has 0 atom stereocenters. The van der Waals surface area contributed by atoms with Gasteiger partial charge in [0, 0.05) is 47.5 Å². The molecular weight excluding hydrogens is 407 g/mol. The first-order valence-electron chi connectivity index (χ1n) is 10.4. The summed E-state index contributed by atoms with van der Waals surface area (Å²) >= 11 is 0. The van der Waals surface area contributed by atoms with Crippen LogP contribution in [0.4, 0.5) is 4.39 Å². The van der Waals surface area contributed by atoms with Crippen LogP contribution in [0.3, 0.4) is 0 Å². The molecule has 7 heteroatoms. The zero-order valence-electron chi connectivity index (χ0n) is 17.5. The number of carbonyl (C=O) groups excluding carboxylic acids is 1. The number of H-pyrrole nitrogens is 1. The van der Waals surface area contributed by atoms with E-state index in [0.29, 0.717) is 25.2 Å². The molecule has 1 aliphatic heterocycles. The van der Waals surface area contributed by atoms with Crippen molar-refractivity contribution in [3.8, 4) is 5.69 Å². The van der Waals surface area contributed by atoms with Gasteiger partial charge in [-0.2, -0.15) is 5.10 Å². The van der Waals surface area contributed by atoms with Crippen LogP contribution in [0.15, 0.2) is 71.7 Å². The van der Waals surface area contributed by atoms with Gasteiger partial charge in [0.25, 0.3) is 5.91 Å². The van der Waals surface area contributed by atoms with Crippen LogP contribution in [0.25, 0.3) is 22.2 Å². The van der Waals surface area contributed by atoms with Gasteiger partial charge in [0.05, 0.1) is 5.69 Å². The molecule has 32 heavy (non-hydrogen) atoms. The number of para-hydroxylation sites is 1. The van der Waals surface area contributed by atoms with Crippen LogP contribution in [0, 0.1) is 12.7 Å². The van der Waals surface area contributed by atoms with E-state index < -0.39 is 0 Å². The van der Waals surface area contributed by atoms with Crippen molar-refractivity contribution in [1.82, 2.24) is 19.7 Å². The molecule has 0 unspecified atom stereocenters. The quantitative estimate of drug-likeness (QED) is 0.534. The molecule has 1 aliphatic rings. The van der Waals surface area contributed by atoms with Gasteiger partial charge < -0.3 is 9.88 Å². The third kappa shape index (κ3) is 3.51. The molecule has 0 bridgehead atoms. The molecule has 1 N–H and O–H groups in total. The first-order valence-corrected chi connectivity index (χ1v) is 10.4. The molecule has 0 radical (unpaired) electrons. The average molecular weight is 428 g/mol. The first kappa shape index (κ1) is 19.9. The summed E-state index contributed by atoms with van der Waals surface area (Å²) in [5, 5.41) is 5.33. The van der Waals surface area contributed by atoms with Crippen molar-refractivity contribution in [2.75, 3.05) is 13.1 Å². The van der Waals surface area contributed by atoms with Gasteiger partial charge in [-0.25, -0.2) is 9.07 Å². The number of fused-ring (bicyclic) bond motifs is 1. The maximum atomic E-state index is 13.5. The summed E-state index contributed by atoms with van der Waals surface area (Å²) in [5.41, 5.74) is 3.82. The molecule has 2 aromatic carbocycles. The summed E-state index contributed by atoms with van der Waals surface area (Å²) in [6.07, 6.45) is 4.49. The van der Waals surface area contributed by atoms with Crippen molar-refractivity contribution < 1.29 is 9.18 Å². The molecule has 0 spiro atoms. The molecule has 0 saturated heterocycles. The van der Waals surface area contributed by atoms with Crippen LogP contribution < -0.4 is 5.43 Å². The monoisotopic (exact) mass is 428 g/mol. The van der Waals surface area contributed by atoms with Gasteiger partial charge in [-0.15, -0.1) is 0 Å². The lowest BCUT2D eigenvalue weighted by Crippen LogP contribution is -2.38. The van der Waals surface area contributed by atoms with Crippen molar-refractivity contribution in [2.24, 2.45) is 0 Å². The van der Waals surface area contributed by atoms with Gasteiger partial charge in [-0.3, -0.25) is 9.59 Å². The van der Waals surface area contributed by atoms with E-state index in [1.807, 2.05) is 42.6 Å². The smallest absolute Gasteiger partial charge is 0.278 e. The molecule has 1 amide bonds. The largest absolute Gasteiger partial charge is 0.360 e. The highest BCUT2D eigenvalue weighted by Gasteiger charge is 2.24. The fourth-order valence-corrected chi connectivity index (χ4v) is 4.14. The summed E-state index contributed by atoms with van der Waals surface area (Å²) in [5.74, 6) is -0.664. The summed E-state index contributed by atoms with van der Waals surface area (Å²) in [4.78, 5) is 30.4. The molecule has 0 saturated carbocycles. The first-order chi connectivity index (χ1) is 15.5. The number of amides is 1. The van der Waals surface area contributed by atoms with Gasteiger partial charge in [-0.05, 0) is 49.2 Å². The predicted octanol–water partition coefficient (Wildman–Crippen LogP) is 4.09. The number of benzene rings is 2. The Balaban J connectivity index is 1.42. The molecule has 5 rings (SSSR count). The van der Waals surface area contributed by atoms with Crippen molar-refractivity contribution in [3.63, 3.8) is 0 Å². The number of nitrogens with one attached hydrogen (secondary N) is 1. The topological polar surface area (TPSA) is 71.0 Å². The van der Waals surface area contributed by atoms with Crippen LogP contribution in [0.5, 0.6) is 0 Å². The Morgan fingerprint density at radius 3 is 2.69 bits per heavy atom. The minimum atomic E-state index is -0.381. The van der Waals surface area contributed by atoms with Crippen molar-refractivity contribution >= 4 is 22.4 Å². The minimum Gasteiger partial charge on any atom is -0.360 e. The highest BCUT2D eigenvalue weighted by atomic mass is 19.1. The second-order valence-corrected chi connectivity index (χ2v) is 7.87. The van der Waals surface area contributed by atoms with E-state index >= 15 is 0 Å². The van der Waals surface area contributed by atoms with Gasteiger partial charge in [0.15, 0.2) is 5.69 Å². The minimum absolute atomic E-state index is 0.0844. The van der Waals surface area contributed by atoms with Crippen molar-refractivity contribution in [3.05, 3.63) is 99.9 Å². The average Bonchev–Trinajstić information content (AvgIpc) is 3.22. The number of aromatic nitrogens is 3. The number of hydrogen-bond acceptors (Lipinski definition) is 3. The highest BCUT2D eigenvalue weighted by molar-refractivity contribution is 5.95. The number of carbonyl (C=O) groups is 1. The standard InChI is InChI=1S/C25H21FN4O2/c1-16-13-23(31)24(28-30(16)19-5-3-2-4-6-19)25(32)29-11-9-17(10-12-29)21-15-27-22-14-18(26)7-8-20(21)22/h2-9,13-15,27H,10-12H2,1H3. The number of nitrogens with zero attached hydrogens (tertiary/aromatic N) is 3. The third-order valence-corrected chi connectivity index (χ3v) is 5.80. The zero-order valence-corrected chi connectivity index (χ0v) is 17.5. The second-order valence-electron chi connectivity index (χ2n) is 7.87. The van der Waals surface area contributed by atoms with E-state index in [4.69, 9.17) is 0 Å². The van der Waals surface area contributed by atoms with Crippen molar-refractivity contribution in [1.29, 1.82) is 0 Å². The van der Waals surface area contributed by atoms with Gasteiger partial charge in [-0.1, -0.05) is 24.3 Å². The van der Waals surface area contributed by atoms with Crippen molar-refractivity contribution in [2.45, 2.75) is 13.3 Å².